The molecule has 1 aliphatic rings. The summed E-state index contributed by atoms with van der Waals surface area (Å²) in [6.45, 7) is 0. The predicted octanol–water partition coefficient (Wildman–Crippen LogP) is 2.18. The number of carbonyl (C=O) groups excluding carboxylic acids is 1. The number of nitrogens with zero attached hydrogens (tertiary/aromatic N) is 2. The molecule has 0 spiro atoms. The molecule has 0 radical (unpaired) electrons. The van der Waals surface area contributed by atoms with Gasteiger partial charge in [0.25, 0.3) is 5.91 Å². The van der Waals surface area contributed by atoms with Crippen molar-refractivity contribution in [3.63, 3.8) is 0 Å². The molecule has 104 valence electrons. The monoisotopic (exact) mass is 334 g/mol. The molecular weight excluding hydrogens is 320 g/mol. The molecule has 3 rings (SSSR count). The second-order valence-electron chi connectivity index (χ2n) is 5.06. The number of rotatable bonds is 2. The molecule has 1 aliphatic heterocycles. The first-order chi connectivity index (χ1) is 9.49. The fourth-order valence-corrected chi connectivity index (χ4v) is 3.00. The van der Waals surface area contributed by atoms with E-state index < -0.39 is 0 Å². The molecule has 1 fully saturated rings. The quantitative estimate of drug-likeness (QED) is 0.884. The predicted molar refractivity (Wildman–Crippen MR) is 81.8 cm³/mol. The number of fused-ring (bicyclic) bond motifs is 1. The number of likely N-dealkylation sites (N-methyl/N-ethyl adjacent to an activating group) is 2. The van der Waals surface area contributed by atoms with Crippen LogP contribution in [0.25, 0.3) is 10.9 Å². The number of nitrogens with one attached hydrogen (secondary N) is 2. The minimum absolute atomic E-state index is 0.0241. The summed E-state index contributed by atoms with van der Waals surface area (Å²) in [5, 5.41) is 8.98. The van der Waals surface area contributed by atoms with Crippen LogP contribution in [0.5, 0.6) is 0 Å². The van der Waals surface area contributed by atoms with Gasteiger partial charge in [-0.3, -0.25) is 15.1 Å². The Labute approximate surface area is 125 Å². The van der Waals surface area contributed by atoms with Gasteiger partial charge in [-0.25, -0.2) is 0 Å². The van der Waals surface area contributed by atoms with E-state index in [0.717, 1.165) is 20.9 Å². The Kier molecular flexibility index (Phi) is 3.05. The zero-order valence-electron chi connectivity index (χ0n) is 11.3. The highest BCUT2D eigenvalue weighted by molar-refractivity contribution is 9.10. The lowest BCUT2D eigenvalue weighted by Gasteiger charge is -2.17. The normalized spacial score (nSPS) is 19.4. The number of benzene rings is 1. The first-order valence-electron chi connectivity index (χ1n) is 6.33. The van der Waals surface area contributed by atoms with E-state index in [0.29, 0.717) is 6.42 Å². The summed E-state index contributed by atoms with van der Waals surface area (Å²) < 4.78 is 1.02. The van der Waals surface area contributed by atoms with Crippen LogP contribution >= 0.6 is 15.9 Å². The van der Waals surface area contributed by atoms with Crippen molar-refractivity contribution in [3.05, 3.63) is 34.4 Å². The fourth-order valence-electron chi connectivity index (χ4n) is 2.64. The van der Waals surface area contributed by atoms with Crippen LogP contribution in [-0.2, 0) is 11.2 Å². The van der Waals surface area contributed by atoms with Crippen molar-refractivity contribution in [2.75, 3.05) is 14.1 Å². The number of carbonyl (C=O) groups is 1. The van der Waals surface area contributed by atoms with Gasteiger partial charge in [-0.1, -0.05) is 22.0 Å². The Balaban J connectivity index is 1.94. The molecule has 20 heavy (non-hydrogen) atoms. The van der Waals surface area contributed by atoms with Crippen molar-refractivity contribution in [2.24, 2.45) is 0 Å². The highest BCUT2D eigenvalue weighted by Gasteiger charge is 2.38. The van der Waals surface area contributed by atoms with Gasteiger partial charge < -0.3 is 9.88 Å². The minimum Gasteiger partial charge on any atom is -0.361 e. The van der Waals surface area contributed by atoms with Crippen LogP contribution in [0, 0.1) is 5.41 Å². The maximum absolute atomic E-state index is 12.2. The Hall–Kier alpha value is -1.82. The van der Waals surface area contributed by atoms with Crippen LogP contribution in [0.3, 0.4) is 0 Å². The van der Waals surface area contributed by atoms with E-state index in [4.69, 9.17) is 5.41 Å². The Morgan fingerprint density at radius 1 is 1.40 bits per heavy atom. The van der Waals surface area contributed by atoms with Gasteiger partial charge in [0.15, 0.2) is 0 Å². The molecule has 0 saturated carbocycles. The van der Waals surface area contributed by atoms with E-state index in [1.165, 1.54) is 4.90 Å². The molecule has 1 atom stereocenters. The van der Waals surface area contributed by atoms with Crippen LogP contribution in [0.1, 0.15) is 5.56 Å². The Morgan fingerprint density at radius 3 is 2.80 bits per heavy atom. The lowest BCUT2D eigenvalue weighted by atomic mass is 10.0. The number of amides is 1. The fraction of sp³-hybridized carbons (Fsp3) is 0.286. The van der Waals surface area contributed by atoms with Gasteiger partial charge in [-0.15, -0.1) is 0 Å². The van der Waals surface area contributed by atoms with E-state index in [2.05, 4.69) is 20.9 Å². The van der Waals surface area contributed by atoms with Gasteiger partial charge in [0.2, 0.25) is 5.96 Å². The second-order valence-corrected chi connectivity index (χ2v) is 5.97. The SMILES string of the molecule is CN1C(=N)N(C)[C@@H](Cc2c[nH]c3cc(Br)ccc23)C1=O. The summed E-state index contributed by atoms with van der Waals surface area (Å²) in [6, 6.07) is 5.76. The molecule has 2 N–H and O–H groups in total. The van der Waals surface area contributed by atoms with Crippen LogP contribution < -0.4 is 0 Å². The van der Waals surface area contributed by atoms with Gasteiger partial charge in [0.05, 0.1) is 0 Å². The van der Waals surface area contributed by atoms with Crippen LogP contribution in [0.2, 0.25) is 0 Å². The smallest absolute Gasteiger partial charge is 0.252 e. The molecule has 1 amide bonds. The molecule has 0 aliphatic carbocycles. The van der Waals surface area contributed by atoms with Crippen LogP contribution in [0.4, 0.5) is 0 Å². The van der Waals surface area contributed by atoms with E-state index >= 15 is 0 Å². The highest BCUT2D eigenvalue weighted by atomic mass is 79.9. The van der Waals surface area contributed by atoms with Gasteiger partial charge >= 0.3 is 0 Å². The standard InChI is InChI=1S/C14H15BrN4O/c1-18-12(13(20)19(2)14(18)16)5-8-7-17-11-6-9(15)3-4-10(8)11/h3-4,6-7,12,16-17H,5H2,1-2H3/t12-/m0/s1. The van der Waals surface area contributed by atoms with Crippen molar-refractivity contribution in [2.45, 2.75) is 12.5 Å². The summed E-state index contributed by atoms with van der Waals surface area (Å²) >= 11 is 3.45. The third-order valence-electron chi connectivity index (χ3n) is 3.88. The van der Waals surface area contributed by atoms with Gasteiger partial charge in [-0.05, 0) is 17.7 Å². The summed E-state index contributed by atoms with van der Waals surface area (Å²) in [5.74, 6) is 0.228. The molecule has 2 aromatic rings. The molecule has 2 heterocycles. The van der Waals surface area contributed by atoms with Crippen molar-refractivity contribution in [1.82, 2.24) is 14.8 Å². The van der Waals surface area contributed by atoms with Crippen LogP contribution in [-0.4, -0.2) is 46.8 Å². The highest BCUT2D eigenvalue weighted by Crippen LogP contribution is 2.25. The van der Waals surface area contributed by atoms with E-state index in [-0.39, 0.29) is 17.9 Å². The third-order valence-corrected chi connectivity index (χ3v) is 4.37. The van der Waals surface area contributed by atoms with Crippen LogP contribution in [0.15, 0.2) is 28.9 Å². The second kappa shape index (κ2) is 4.63. The minimum atomic E-state index is -0.296. The third kappa shape index (κ3) is 1.91. The molecule has 0 unspecified atom stereocenters. The van der Waals surface area contributed by atoms with Crippen molar-refractivity contribution >= 4 is 38.7 Å². The van der Waals surface area contributed by atoms with E-state index in [1.807, 2.05) is 24.4 Å². The first kappa shape index (κ1) is 13.2. The zero-order chi connectivity index (χ0) is 14.4. The lowest BCUT2D eigenvalue weighted by molar-refractivity contribution is -0.127. The number of aromatic nitrogens is 1. The number of halogens is 1. The summed E-state index contributed by atoms with van der Waals surface area (Å²) in [5.41, 5.74) is 2.15. The first-order valence-corrected chi connectivity index (χ1v) is 7.13. The number of hydrogen-bond acceptors (Lipinski definition) is 2. The number of hydrogen-bond donors (Lipinski definition) is 2. The number of aromatic amines is 1. The van der Waals surface area contributed by atoms with Gasteiger partial charge in [0, 0.05) is 42.1 Å². The molecule has 1 aromatic carbocycles. The summed E-state index contributed by atoms with van der Waals surface area (Å²) in [4.78, 5) is 18.5. The topological polar surface area (TPSA) is 63.2 Å². The summed E-state index contributed by atoms with van der Waals surface area (Å²) in [7, 11) is 3.44. The molecule has 1 aromatic heterocycles. The summed E-state index contributed by atoms with van der Waals surface area (Å²) in [6.07, 6.45) is 2.55. The average Bonchev–Trinajstić information content (AvgIpc) is 2.90. The van der Waals surface area contributed by atoms with Gasteiger partial charge in [-0.2, -0.15) is 0 Å². The number of H-pyrrole nitrogens is 1. The molecule has 1 saturated heterocycles. The number of guanidine groups is 1. The van der Waals surface area contributed by atoms with E-state index in [9.17, 15) is 4.79 Å². The lowest BCUT2D eigenvalue weighted by Crippen LogP contribution is -2.33. The maximum atomic E-state index is 12.2. The average molecular weight is 335 g/mol. The Bertz CT molecular complexity index is 708. The van der Waals surface area contributed by atoms with E-state index in [1.54, 1.807) is 19.0 Å². The van der Waals surface area contributed by atoms with Crippen molar-refractivity contribution < 1.29 is 4.79 Å². The molecular formula is C14H15BrN4O. The maximum Gasteiger partial charge on any atom is 0.252 e. The molecule has 6 heteroatoms. The molecule has 5 nitrogen and oxygen atoms in total. The molecule has 0 bridgehead atoms. The van der Waals surface area contributed by atoms with Gasteiger partial charge in [0.1, 0.15) is 6.04 Å². The van der Waals surface area contributed by atoms with Crippen molar-refractivity contribution in [3.8, 4) is 0 Å². The zero-order valence-corrected chi connectivity index (χ0v) is 12.9. The Morgan fingerprint density at radius 2 is 2.15 bits per heavy atom. The van der Waals surface area contributed by atoms with Crippen molar-refractivity contribution in [1.29, 1.82) is 5.41 Å². The largest absolute Gasteiger partial charge is 0.361 e.